The Labute approximate surface area is 205 Å². The van der Waals surface area contributed by atoms with Crippen LogP contribution in [0.25, 0.3) is 11.3 Å². The Balaban J connectivity index is 1.67. The van der Waals surface area contributed by atoms with Gasteiger partial charge >= 0.3 is 0 Å². The number of anilines is 2. The van der Waals surface area contributed by atoms with Gasteiger partial charge in [0.05, 0.1) is 11.3 Å². The highest BCUT2D eigenvalue weighted by atomic mass is 16.5. The van der Waals surface area contributed by atoms with Crippen LogP contribution < -0.4 is 20.7 Å². The van der Waals surface area contributed by atoms with Crippen molar-refractivity contribution in [2.24, 2.45) is 0 Å². The van der Waals surface area contributed by atoms with Crippen LogP contribution in [-0.2, 0) is 4.79 Å². The number of ether oxygens (including phenoxy) is 1. The number of fused-ring (bicyclic) bond motifs is 1. The van der Waals surface area contributed by atoms with E-state index in [2.05, 4.69) is 20.9 Å². The molecule has 2 amide bonds. The highest BCUT2D eigenvalue weighted by molar-refractivity contribution is 6.37. The largest absolute Gasteiger partial charge is 0.492 e. The fourth-order valence-corrected chi connectivity index (χ4v) is 3.83. The van der Waals surface area contributed by atoms with E-state index in [1.165, 1.54) is 0 Å². The number of hydrogen-bond acceptors (Lipinski definition) is 5. The van der Waals surface area contributed by atoms with Crippen molar-refractivity contribution in [3.05, 3.63) is 89.5 Å². The first kappa shape index (κ1) is 24.0. The van der Waals surface area contributed by atoms with E-state index in [-0.39, 0.29) is 11.8 Å². The molecule has 7 heteroatoms. The number of nitrogens with one attached hydrogen (secondary N) is 3. The third-order valence-electron chi connectivity index (χ3n) is 5.61. The summed E-state index contributed by atoms with van der Waals surface area (Å²) in [5, 5.41) is 9.16. The summed E-state index contributed by atoms with van der Waals surface area (Å²) >= 11 is 0. The highest BCUT2D eigenvalue weighted by Gasteiger charge is 2.29. The molecule has 1 heterocycles. The summed E-state index contributed by atoms with van der Waals surface area (Å²) in [5.74, 6) is 0.396. The van der Waals surface area contributed by atoms with Crippen molar-refractivity contribution in [1.29, 1.82) is 0 Å². The van der Waals surface area contributed by atoms with Gasteiger partial charge in [-0.05, 0) is 63.0 Å². The van der Waals surface area contributed by atoms with Crippen molar-refractivity contribution in [3.63, 3.8) is 0 Å². The molecule has 1 aliphatic rings. The summed E-state index contributed by atoms with van der Waals surface area (Å²) < 4.78 is 5.79. The summed E-state index contributed by atoms with van der Waals surface area (Å²) in [7, 11) is 4.01. The molecule has 35 heavy (non-hydrogen) atoms. The molecular formula is C28H30N4O3. The minimum absolute atomic E-state index is 0.170. The molecule has 0 radical (unpaired) electrons. The molecule has 7 nitrogen and oxygen atoms in total. The molecule has 0 saturated heterocycles. The lowest BCUT2D eigenvalue weighted by molar-refractivity contribution is -0.110. The van der Waals surface area contributed by atoms with Crippen LogP contribution in [0.2, 0.25) is 0 Å². The van der Waals surface area contributed by atoms with Crippen LogP contribution in [0.5, 0.6) is 5.75 Å². The number of carbonyl (C=O) groups excluding carboxylic acids is 2. The number of likely N-dealkylation sites (N-methyl/N-ethyl adjacent to an activating group) is 1. The van der Waals surface area contributed by atoms with E-state index in [1.54, 1.807) is 12.1 Å². The number of nitrogens with zero attached hydrogens (tertiary/aromatic N) is 1. The van der Waals surface area contributed by atoms with Gasteiger partial charge in [-0.25, -0.2) is 0 Å². The van der Waals surface area contributed by atoms with Crippen LogP contribution in [0.4, 0.5) is 11.4 Å². The molecule has 1 aliphatic heterocycles. The van der Waals surface area contributed by atoms with E-state index >= 15 is 0 Å². The van der Waals surface area contributed by atoms with Gasteiger partial charge in [0, 0.05) is 35.6 Å². The first-order chi connectivity index (χ1) is 17.0. The molecule has 0 spiro atoms. The van der Waals surface area contributed by atoms with Crippen molar-refractivity contribution in [1.82, 2.24) is 10.2 Å². The second kappa shape index (κ2) is 10.9. The van der Waals surface area contributed by atoms with Crippen molar-refractivity contribution in [3.8, 4) is 5.75 Å². The zero-order chi connectivity index (χ0) is 24.8. The normalized spacial score (nSPS) is 13.8. The fourth-order valence-electron chi connectivity index (χ4n) is 3.83. The van der Waals surface area contributed by atoms with Crippen LogP contribution in [-0.4, -0.2) is 50.5 Å². The first-order valence-corrected chi connectivity index (χ1v) is 11.6. The number of hydrogen-bond donors (Lipinski definition) is 3. The summed E-state index contributed by atoms with van der Waals surface area (Å²) in [6.07, 6.45) is 0. The minimum atomic E-state index is -0.219. The maximum atomic E-state index is 13.1. The van der Waals surface area contributed by atoms with Crippen molar-refractivity contribution >= 4 is 34.5 Å². The van der Waals surface area contributed by atoms with Crippen LogP contribution >= 0.6 is 0 Å². The average molecular weight is 471 g/mol. The predicted molar refractivity (Wildman–Crippen MR) is 140 cm³/mol. The second-order valence-corrected chi connectivity index (χ2v) is 8.49. The van der Waals surface area contributed by atoms with E-state index in [0.717, 1.165) is 29.1 Å². The Morgan fingerprint density at radius 3 is 2.40 bits per heavy atom. The Morgan fingerprint density at radius 2 is 1.71 bits per heavy atom. The van der Waals surface area contributed by atoms with Gasteiger partial charge in [-0.1, -0.05) is 36.4 Å². The molecule has 4 rings (SSSR count). The summed E-state index contributed by atoms with van der Waals surface area (Å²) in [6, 6.07) is 22.7. The van der Waals surface area contributed by atoms with Gasteiger partial charge in [-0.3, -0.25) is 9.59 Å². The van der Waals surface area contributed by atoms with Gasteiger partial charge in [0.15, 0.2) is 0 Å². The summed E-state index contributed by atoms with van der Waals surface area (Å²) in [4.78, 5) is 27.5. The number of rotatable bonds is 9. The lowest BCUT2D eigenvalue weighted by Crippen LogP contribution is -2.22. The smallest absolute Gasteiger partial charge is 0.258 e. The maximum Gasteiger partial charge on any atom is 0.258 e. The fraction of sp³-hybridized carbons (Fsp3) is 0.214. The van der Waals surface area contributed by atoms with Gasteiger partial charge in [0.25, 0.3) is 11.8 Å². The van der Waals surface area contributed by atoms with Crippen molar-refractivity contribution in [2.45, 2.75) is 6.92 Å². The lowest BCUT2D eigenvalue weighted by atomic mass is 9.99. The molecule has 0 aromatic heterocycles. The first-order valence-electron chi connectivity index (χ1n) is 11.6. The lowest BCUT2D eigenvalue weighted by Gasteiger charge is -2.16. The quantitative estimate of drug-likeness (QED) is 0.406. The summed E-state index contributed by atoms with van der Waals surface area (Å²) in [6.45, 7) is 3.85. The second-order valence-electron chi connectivity index (χ2n) is 8.49. The van der Waals surface area contributed by atoms with Crippen LogP contribution in [0, 0.1) is 0 Å². The van der Waals surface area contributed by atoms with Crippen molar-refractivity contribution < 1.29 is 14.3 Å². The molecule has 0 atom stereocenters. The van der Waals surface area contributed by atoms with Gasteiger partial charge in [-0.2, -0.15) is 0 Å². The Kier molecular flexibility index (Phi) is 7.48. The maximum absolute atomic E-state index is 13.1. The number of amides is 2. The molecular weight excluding hydrogens is 440 g/mol. The molecule has 0 aliphatic carbocycles. The molecule has 3 aromatic carbocycles. The zero-order valence-electron chi connectivity index (χ0n) is 20.2. The van der Waals surface area contributed by atoms with E-state index < -0.39 is 0 Å². The van der Waals surface area contributed by atoms with Gasteiger partial charge < -0.3 is 25.6 Å². The Bertz CT molecular complexity index is 1230. The van der Waals surface area contributed by atoms with Gasteiger partial charge in [0.1, 0.15) is 12.4 Å². The minimum Gasteiger partial charge on any atom is -0.492 e. The molecule has 0 bridgehead atoms. The summed E-state index contributed by atoms with van der Waals surface area (Å²) in [5.41, 5.74) is 4.80. The van der Waals surface area contributed by atoms with E-state index in [0.29, 0.717) is 35.7 Å². The van der Waals surface area contributed by atoms with Gasteiger partial charge in [-0.15, -0.1) is 0 Å². The molecule has 0 unspecified atom stereocenters. The molecule has 0 saturated carbocycles. The van der Waals surface area contributed by atoms with E-state index in [4.69, 9.17) is 4.74 Å². The molecule has 0 fully saturated rings. The molecule has 3 aromatic rings. The predicted octanol–water partition coefficient (Wildman–Crippen LogP) is 4.31. The Morgan fingerprint density at radius 1 is 0.971 bits per heavy atom. The van der Waals surface area contributed by atoms with Crippen LogP contribution in [0.1, 0.15) is 28.4 Å². The average Bonchev–Trinajstić information content (AvgIpc) is 3.18. The van der Waals surface area contributed by atoms with Crippen LogP contribution in [0.15, 0.2) is 72.8 Å². The topological polar surface area (TPSA) is 82.7 Å². The standard InChI is InChI=1S/C28H30N4O3/c1-4-29-27(33)20-10-15-23-24(18-20)31-28(34)25(23)26(19-8-6-5-7-9-19)30-21-11-13-22(14-12-21)35-17-16-32(2)3/h5-15,18,30H,4,16-17H2,1-3H3,(H,29,33)(H,31,34). The highest BCUT2D eigenvalue weighted by Crippen LogP contribution is 2.38. The van der Waals surface area contributed by atoms with Gasteiger partial charge in [0.2, 0.25) is 0 Å². The number of carbonyl (C=O) groups is 2. The van der Waals surface area contributed by atoms with Crippen LogP contribution in [0.3, 0.4) is 0 Å². The molecule has 3 N–H and O–H groups in total. The zero-order valence-corrected chi connectivity index (χ0v) is 20.2. The van der Waals surface area contributed by atoms with E-state index in [1.807, 2.05) is 81.7 Å². The van der Waals surface area contributed by atoms with E-state index in [9.17, 15) is 9.59 Å². The van der Waals surface area contributed by atoms with Crippen molar-refractivity contribution in [2.75, 3.05) is 44.4 Å². The SMILES string of the molecule is CCNC(=O)c1ccc2c(c1)NC(=O)C2=C(Nc1ccc(OCCN(C)C)cc1)c1ccccc1. The Hall–Kier alpha value is -4.10. The molecule has 180 valence electrons. The number of benzene rings is 3. The third-order valence-corrected chi connectivity index (χ3v) is 5.61. The monoisotopic (exact) mass is 470 g/mol. The third kappa shape index (κ3) is 5.70.